The van der Waals surface area contributed by atoms with Gasteiger partial charge >= 0.3 is 5.97 Å². The summed E-state index contributed by atoms with van der Waals surface area (Å²) in [4.78, 5) is 11.9. The molecule has 0 saturated heterocycles. The van der Waals surface area contributed by atoms with Crippen LogP contribution in [0.2, 0.25) is 4.34 Å². The van der Waals surface area contributed by atoms with Crippen molar-refractivity contribution in [3.63, 3.8) is 0 Å². The van der Waals surface area contributed by atoms with Crippen molar-refractivity contribution in [2.45, 2.75) is 95.7 Å². The average Bonchev–Trinajstić information content (AvgIpc) is 3.43. The first-order valence-corrected chi connectivity index (χ1v) is 14.8. The summed E-state index contributed by atoms with van der Waals surface area (Å²) in [6.07, 6.45) is 14.6. The molecule has 2 aromatic rings. The number of carbonyl (C=O) groups is 1. The summed E-state index contributed by atoms with van der Waals surface area (Å²) < 4.78 is 0.819. The number of hydrogen-bond donors (Lipinski definition) is 3. The van der Waals surface area contributed by atoms with Gasteiger partial charge in [-0.15, -0.1) is 11.3 Å². The van der Waals surface area contributed by atoms with Crippen LogP contribution in [0.3, 0.4) is 0 Å². The van der Waals surface area contributed by atoms with Gasteiger partial charge in [0, 0.05) is 16.7 Å². The van der Waals surface area contributed by atoms with E-state index in [1.807, 2.05) is 6.07 Å². The number of aliphatic carboxylic acids is 1. The van der Waals surface area contributed by atoms with Crippen LogP contribution in [0.1, 0.15) is 86.6 Å². The molecule has 6 heteroatoms. The van der Waals surface area contributed by atoms with E-state index in [1.54, 1.807) is 11.3 Å². The summed E-state index contributed by atoms with van der Waals surface area (Å²) in [6.45, 7) is 0. The molecule has 1 unspecified atom stereocenters. The Bertz CT molecular complexity index is 1100. The SMILES string of the molecule is O=C(O)CCCC=CCC1=C(c2ccc(CCCC(O)C3(Cc4ccc(Cl)s4)CCC3)cc2)[C@H](O)CC1. The van der Waals surface area contributed by atoms with Crippen molar-refractivity contribution in [2.24, 2.45) is 5.41 Å². The number of halogens is 1. The molecule has 200 valence electrons. The predicted octanol–water partition coefficient (Wildman–Crippen LogP) is 7.61. The van der Waals surface area contributed by atoms with Crippen molar-refractivity contribution in [1.29, 1.82) is 0 Å². The van der Waals surface area contributed by atoms with Crippen LogP contribution in [0.5, 0.6) is 0 Å². The van der Waals surface area contributed by atoms with Gasteiger partial charge in [0.05, 0.1) is 16.5 Å². The van der Waals surface area contributed by atoms with Gasteiger partial charge in [-0.3, -0.25) is 4.79 Å². The van der Waals surface area contributed by atoms with E-state index >= 15 is 0 Å². The number of hydrogen-bond acceptors (Lipinski definition) is 4. The molecule has 2 atom stereocenters. The van der Waals surface area contributed by atoms with E-state index in [4.69, 9.17) is 16.7 Å². The van der Waals surface area contributed by atoms with Crippen molar-refractivity contribution in [3.05, 3.63) is 74.5 Å². The number of carboxylic acid groups (broad SMARTS) is 1. The molecule has 1 fully saturated rings. The van der Waals surface area contributed by atoms with Gasteiger partial charge in [0.2, 0.25) is 0 Å². The molecule has 4 nitrogen and oxygen atoms in total. The number of carboxylic acids is 1. The maximum absolute atomic E-state index is 11.1. The molecule has 2 aliphatic rings. The average molecular weight is 543 g/mol. The molecule has 1 saturated carbocycles. The van der Waals surface area contributed by atoms with E-state index in [1.165, 1.54) is 22.4 Å². The fraction of sp³-hybridized carbons (Fsp3) is 0.516. The highest BCUT2D eigenvalue weighted by atomic mass is 35.5. The second-order valence-electron chi connectivity index (χ2n) is 10.7. The summed E-state index contributed by atoms with van der Waals surface area (Å²) >= 11 is 7.75. The van der Waals surface area contributed by atoms with Crippen molar-refractivity contribution < 1.29 is 20.1 Å². The van der Waals surface area contributed by atoms with E-state index in [-0.39, 0.29) is 17.9 Å². The Hall–Kier alpha value is -1.92. The normalized spacial score (nSPS) is 19.9. The number of unbranched alkanes of at least 4 members (excludes halogenated alkanes) is 1. The van der Waals surface area contributed by atoms with Crippen LogP contribution in [0.4, 0.5) is 0 Å². The lowest BCUT2D eigenvalue weighted by Crippen LogP contribution is -2.43. The summed E-state index contributed by atoms with van der Waals surface area (Å²) in [5.74, 6) is -0.751. The maximum Gasteiger partial charge on any atom is 0.303 e. The lowest BCUT2D eigenvalue weighted by molar-refractivity contribution is -0.137. The number of thiophene rings is 1. The third kappa shape index (κ3) is 7.57. The van der Waals surface area contributed by atoms with Crippen LogP contribution in [-0.4, -0.2) is 33.5 Å². The molecule has 0 bridgehead atoms. The highest BCUT2D eigenvalue weighted by Gasteiger charge is 2.43. The van der Waals surface area contributed by atoms with Gasteiger partial charge in [0.25, 0.3) is 0 Å². The van der Waals surface area contributed by atoms with Crippen molar-refractivity contribution in [2.75, 3.05) is 0 Å². The van der Waals surface area contributed by atoms with Crippen molar-refractivity contribution >= 4 is 34.5 Å². The Morgan fingerprint density at radius 2 is 1.92 bits per heavy atom. The van der Waals surface area contributed by atoms with Gasteiger partial charge in [0.1, 0.15) is 0 Å². The van der Waals surface area contributed by atoms with E-state index in [9.17, 15) is 15.0 Å². The Morgan fingerprint density at radius 3 is 2.57 bits per heavy atom. The summed E-state index contributed by atoms with van der Waals surface area (Å²) in [6, 6.07) is 12.6. The molecule has 0 spiro atoms. The minimum Gasteiger partial charge on any atom is -0.481 e. The molecular formula is C31H39ClO4S. The van der Waals surface area contributed by atoms with E-state index in [0.717, 1.165) is 79.7 Å². The zero-order valence-corrected chi connectivity index (χ0v) is 23.1. The first-order chi connectivity index (χ1) is 17.9. The molecule has 0 radical (unpaired) electrons. The molecule has 4 rings (SSSR count). The Labute approximate surface area is 229 Å². The quantitative estimate of drug-likeness (QED) is 0.169. The standard InChI is InChI=1S/C31H39ClO4S/c32-28-18-16-25(37-28)21-31(19-6-20-31)27(34)9-5-7-22-11-13-24(14-12-22)30-23(15-17-26(30)33)8-3-1-2-4-10-29(35)36/h1,3,11-14,16,18,26-27,33-34H,2,4-10,15,17,19-21H2,(H,35,36)/t26-,27?/m1/s1. The zero-order valence-electron chi connectivity index (χ0n) is 21.5. The zero-order chi connectivity index (χ0) is 26.3. The van der Waals surface area contributed by atoms with Crippen molar-refractivity contribution in [3.8, 4) is 0 Å². The van der Waals surface area contributed by atoms with Gasteiger partial charge in [-0.05, 0) is 99.5 Å². The fourth-order valence-corrected chi connectivity index (χ4v) is 7.10. The smallest absolute Gasteiger partial charge is 0.303 e. The molecule has 1 heterocycles. The van der Waals surface area contributed by atoms with Gasteiger partial charge < -0.3 is 15.3 Å². The molecular weight excluding hydrogens is 504 g/mol. The van der Waals surface area contributed by atoms with Crippen LogP contribution in [0, 0.1) is 5.41 Å². The number of aliphatic hydroxyl groups is 2. The Morgan fingerprint density at radius 1 is 1.14 bits per heavy atom. The number of benzene rings is 1. The number of aryl methyl sites for hydroxylation is 1. The largest absolute Gasteiger partial charge is 0.481 e. The summed E-state index contributed by atoms with van der Waals surface area (Å²) in [5.41, 5.74) is 4.70. The van der Waals surface area contributed by atoms with E-state index in [0.29, 0.717) is 6.42 Å². The lowest BCUT2D eigenvalue weighted by atomic mass is 9.62. The second-order valence-corrected chi connectivity index (χ2v) is 12.5. The number of rotatable bonds is 14. The molecule has 3 N–H and O–H groups in total. The molecule has 1 aromatic carbocycles. The third-order valence-electron chi connectivity index (χ3n) is 8.15. The minimum absolute atomic E-state index is 0.0181. The molecule has 0 aliphatic heterocycles. The first-order valence-electron chi connectivity index (χ1n) is 13.6. The van der Waals surface area contributed by atoms with Gasteiger partial charge in [0.15, 0.2) is 0 Å². The predicted molar refractivity (Wildman–Crippen MR) is 152 cm³/mol. The minimum atomic E-state index is -0.751. The lowest BCUT2D eigenvalue weighted by Gasteiger charge is -2.45. The fourth-order valence-electron chi connectivity index (χ4n) is 5.86. The molecule has 1 aromatic heterocycles. The Kier molecular flexibility index (Phi) is 10.1. The van der Waals surface area contributed by atoms with Crippen LogP contribution < -0.4 is 0 Å². The van der Waals surface area contributed by atoms with Crippen LogP contribution in [0.25, 0.3) is 5.57 Å². The van der Waals surface area contributed by atoms with Crippen molar-refractivity contribution in [1.82, 2.24) is 0 Å². The van der Waals surface area contributed by atoms with Gasteiger partial charge in [-0.25, -0.2) is 0 Å². The first kappa shape index (κ1) is 28.1. The van der Waals surface area contributed by atoms with E-state index < -0.39 is 12.1 Å². The highest BCUT2D eigenvalue weighted by Crippen LogP contribution is 2.49. The van der Waals surface area contributed by atoms with Crippen LogP contribution in [0.15, 0.2) is 54.1 Å². The summed E-state index contributed by atoms with van der Waals surface area (Å²) in [7, 11) is 0. The molecule has 37 heavy (non-hydrogen) atoms. The monoisotopic (exact) mass is 542 g/mol. The maximum atomic E-state index is 11.1. The molecule has 2 aliphatic carbocycles. The van der Waals surface area contributed by atoms with Gasteiger partial charge in [-0.2, -0.15) is 0 Å². The molecule has 0 amide bonds. The number of allylic oxidation sites excluding steroid dienone is 3. The van der Waals surface area contributed by atoms with Gasteiger partial charge in [-0.1, -0.05) is 60.0 Å². The van der Waals surface area contributed by atoms with E-state index in [2.05, 4.69) is 42.5 Å². The second kappa shape index (κ2) is 13.2. The Balaban J connectivity index is 1.28. The highest BCUT2D eigenvalue weighted by molar-refractivity contribution is 7.16. The topological polar surface area (TPSA) is 77.8 Å². The summed E-state index contributed by atoms with van der Waals surface area (Å²) in [5, 5.41) is 30.4. The van der Waals surface area contributed by atoms with Crippen LogP contribution >= 0.6 is 22.9 Å². The number of aliphatic hydroxyl groups excluding tert-OH is 2. The third-order valence-corrected chi connectivity index (χ3v) is 9.38. The van der Waals surface area contributed by atoms with Crippen LogP contribution in [-0.2, 0) is 17.6 Å².